The van der Waals surface area contributed by atoms with Crippen LogP contribution in [0.25, 0.3) is 6.08 Å². The van der Waals surface area contributed by atoms with Crippen molar-refractivity contribution in [3.05, 3.63) is 156 Å². The highest BCUT2D eigenvalue weighted by atomic mass is 32.2. The first kappa shape index (κ1) is 31.1. The summed E-state index contributed by atoms with van der Waals surface area (Å²) in [4.78, 5) is 40.5. The van der Waals surface area contributed by atoms with E-state index in [4.69, 9.17) is 4.42 Å². The second kappa shape index (κ2) is 14.9. The molecular formula is C37H33N3O4S. The Morgan fingerprint density at radius 2 is 1.31 bits per heavy atom. The number of nitrogens with one attached hydrogen (secondary N) is 3. The molecule has 3 N–H and O–H groups in total. The number of carbonyl (C=O) groups is 3. The third-order valence-electron chi connectivity index (χ3n) is 6.91. The van der Waals surface area contributed by atoms with Gasteiger partial charge in [0.2, 0.25) is 5.91 Å². The van der Waals surface area contributed by atoms with E-state index in [9.17, 15) is 14.4 Å². The lowest BCUT2D eigenvalue weighted by atomic mass is 10.0. The van der Waals surface area contributed by atoms with Gasteiger partial charge in [-0.1, -0.05) is 74.5 Å². The van der Waals surface area contributed by atoms with Crippen LogP contribution >= 0.6 is 11.8 Å². The minimum absolute atomic E-state index is 0.0273. The molecule has 5 rings (SSSR count). The van der Waals surface area contributed by atoms with Crippen LogP contribution in [0.4, 0.5) is 11.4 Å². The Balaban J connectivity index is 1.29. The van der Waals surface area contributed by atoms with Gasteiger partial charge in [-0.25, -0.2) is 0 Å². The minimum Gasteiger partial charge on any atom is -0.465 e. The van der Waals surface area contributed by atoms with Crippen molar-refractivity contribution in [2.24, 2.45) is 0 Å². The monoisotopic (exact) mass is 615 g/mol. The third kappa shape index (κ3) is 8.61. The van der Waals surface area contributed by atoms with E-state index in [2.05, 4.69) is 29.8 Å². The van der Waals surface area contributed by atoms with E-state index < -0.39 is 17.1 Å². The van der Waals surface area contributed by atoms with E-state index in [-0.39, 0.29) is 11.6 Å². The summed E-state index contributed by atoms with van der Waals surface area (Å²) in [5.41, 5.74) is 3.78. The van der Waals surface area contributed by atoms with Gasteiger partial charge >= 0.3 is 0 Å². The minimum atomic E-state index is -0.513. The van der Waals surface area contributed by atoms with Crippen LogP contribution in [0.15, 0.2) is 143 Å². The topological polar surface area (TPSA) is 100 Å². The van der Waals surface area contributed by atoms with E-state index >= 15 is 0 Å². The number of anilines is 2. The number of hydrogen-bond donors (Lipinski definition) is 3. The predicted octanol–water partition coefficient (Wildman–Crippen LogP) is 8.28. The Morgan fingerprint density at radius 3 is 1.93 bits per heavy atom. The molecule has 5 aromatic rings. The first-order valence-corrected chi connectivity index (χ1v) is 15.4. The first-order chi connectivity index (χ1) is 21.9. The van der Waals surface area contributed by atoms with Crippen molar-refractivity contribution in [1.82, 2.24) is 5.32 Å². The maximum Gasteiger partial charge on any atom is 0.272 e. The van der Waals surface area contributed by atoms with Crippen LogP contribution in [0, 0.1) is 0 Å². The molecule has 0 radical (unpaired) electrons. The zero-order valence-electron chi connectivity index (χ0n) is 24.9. The predicted molar refractivity (Wildman–Crippen MR) is 180 cm³/mol. The standard InChI is InChI=1S/C37H33N3O4S/c1-25(2)26-15-17-29(18-16-26)39-37(43)34(27-10-5-3-6-11-27)45-32-21-19-30(20-22-32)38-36(42)33(24-31-14-9-23-44-31)40-35(41)28-12-7-4-8-13-28/h3-25,34H,1-2H3,(H,38,42)(H,39,43)(H,40,41)/b33-24-. The number of thioether (sulfide) groups is 1. The van der Waals surface area contributed by atoms with Gasteiger partial charge in [0.05, 0.1) is 6.26 Å². The Morgan fingerprint density at radius 1 is 0.689 bits per heavy atom. The number of furan rings is 1. The molecular weight excluding hydrogens is 582 g/mol. The summed E-state index contributed by atoms with van der Waals surface area (Å²) in [7, 11) is 0. The molecule has 1 unspecified atom stereocenters. The van der Waals surface area contributed by atoms with Crippen molar-refractivity contribution < 1.29 is 18.8 Å². The molecule has 0 aliphatic carbocycles. The molecule has 1 aromatic heterocycles. The SMILES string of the molecule is CC(C)c1ccc(NC(=O)C(Sc2ccc(NC(=O)/C(=C/c3ccco3)NC(=O)c3ccccc3)cc2)c2ccccc2)cc1. The average molecular weight is 616 g/mol. The molecule has 0 fully saturated rings. The number of carbonyl (C=O) groups excluding carboxylic acids is 3. The molecule has 0 aliphatic heterocycles. The summed E-state index contributed by atoms with van der Waals surface area (Å²) in [6.45, 7) is 4.26. The van der Waals surface area contributed by atoms with Gasteiger partial charge in [-0.05, 0) is 77.7 Å². The normalized spacial score (nSPS) is 11.9. The summed E-state index contributed by atoms with van der Waals surface area (Å²) in [6, 6.07) is 36.8. The summed E-state index contributed by atoms with van der Waals surface area (Å²) in [5, 5.41) is 8.08. The van der Waals surface area contributed by atoms with E-state index in [0.29, 0.717) is 22.9 Å². The van der Waals surface area contributed by atoms with Crippen LogP contribution in [0.3, 0.4) is 0 Å². The molecule has 3 amide bonds. The third-order valence-corrected chi connectivity index (χ3v) is 8.18. The molecule has 0 aliphatic rings. The molecule has 1 atom stereocenters. The van der Waals surface area contributed by atoms with Crippen LogP contribution in [-0.4, -0.2) is 17.7 Å². The van der Waals surface area contributed by atoms with Gasteiger partial charge in [0.1, 0.15) is 16.7 Å². The van der Waals surface area contributed by atoms with E-state index in [1.54, 1.807) is 48.5 Å². The Bertz CT molecular complexity index is 1750. The highest BCUT2D eigenvalue weighted by Crippen LogP contribution is 2.37. The maximum absolute atomic E-state index is 13.5. The van der Waals surface area contributed by atoms with Crippen molar-refractivity contribution in [1.29, 1.82) is 0 Å². The van der Waals surface area contributed by atoms with Crippen molar-refractivity contribution in [3.8, 4) is 0 Å². The van der Waals surface area contributed by atoms with Gasteiger partial charge in [0.25, 0.3) is 11.8 Å². The Hall–Kier alpha value is -5.34. The first-order valence-electron chi connectivity index (χ1n) is 14.5. The zero-order valence-corrected chi connectivity index (χ0v) is 25.7. The van der Waals surface area contributed by atoms with Gasteiger partial charge in [-0.15, -0.1) is 11.8 Å². The van der Waals surface area contributed by atoms with Crippen molar-refractivity contribution in [2.75, 3.05) is 10.6 Å². The lowest BCUT2D eigenvalue weighted by Crippen LogP contribution is -2.30. The molecule has 0 spiro atoms. The fourth-order valence-electron chi connectivity index (χ4n) is 4.47. The van der Waals surface area contributed by atoms with Crippen LogP contribution in [0.2, 0.25) is 0 Å². The Labute approximate surface area is 266 Å². The molecule has 0 saturated heterocycles. The average Bonchev–Trinajstić information content (AvgIpc) is 3.58. The fourth-order valence-corrected chi connectivity index (χ4v) is 5.49. The maximum atomic E-state index is 13.5. The molecule has 1 heterocycles. The highest BCUT2D eigenvalue weighted by Gasteiger charge is 2.23. The largest absolute Gasteiger partial charge is 0.465 e. The lowest BCUT2D eigenvalue weighted by Gasteiger charge is -2.18. The summed E-state index contributed by atoms with van der Waals surface area (Å²) in [5.74, 6) is -0.247. The molecule has 7 nitrogen and oxygen atoms in total. The van der Waals surface area contributed by atoms with E-state index in [1.807, 2.05) is 72.8 Å². The lowest BCUT2D eigenvalue weighted by molar-refractivity contribution is -0.116. The highest BCUT2D eigenvalue weighted by molar-refractivity contribution is 8.00. The summed E-state index contributed by atoms with van der Waals surface area (Å²) in [6.07, 6.45) is 2.96. The molecule has 4 aromatic carbocycles. The zero-order chi connectivity index (χ0) is 31.6. The van der Waals surface area contributed by atoms with Gasteiger partial charge in [0, 0.05) is 27.9 Å². The van der Waals surface area contributed by atoms with Crippen molar-refractivity contribution >= 4 is 46.9 Å². The van der Waals surface area contributed by atoms with Crippen molar-refractivity contribution in [3.63, 3.8) is 0 Å². The molecule has 8 heteroatoms. The summed E-state index contributed by atoms with van der Waals surface area (Å²) >= 11 is 1.41. The van der Waals surface area contributed by atoms with Gasteiger partial charge in [-0.2, -0.15) is 0 Å². The quantitative estimate of drug-likeness (QED) is 0.103. The molecule has 226 valence electrons. The van der Waals surface area contributed by atoms with Crippen LogP contribution in [-0.2, 0) is 9.59 Å². The Kier molecular flexibility index (Phi) is 10.3. The van der Waals surface area contributed by atoms with Crippen molar-refractivity contribution in [2.45, 2.75) is 29.9 Å². The second-order valence-electron chi connectivity index (χ2n) is 10.5. The fraction of sp³-hybridized carbons (Fsp3) is 0.108. The number of amides is 3. The summed E-state index contributed by atoms with van der Waals surface area (Å²) < 4.78 is 5.37. The number of benzene rings is 4. The number of rotatable bonds is 11. The molecule has 0 bridgehead atoms. The van der Waals surface area contributed by atoms with Crippen LogP contribution in [0.5, 0.6) is 0 Å². The van der Waals surface area contributed by atoms with E-state index in [0.717, 1.165) is 16.1 Å². The smallest absolute Gasteiger partial charge is 0.272 e. The van der Waals surface area contributed by atoms with Gasteiger partial charge < -0.3 is 20.4 Å². The molecule has 0 saturated carbocycles. The number of hydrogen-bond acceptors (Lipinski definition) is 5. The van der Waals surface area contributed by atoms with Gasteiger partial charge in [-0.3, -0.25) is 14.4 Å². The van der Waals surface area contributed by atoms with E-state index in [1.165, 1.54) is 29.7 Å². The second-order valence-corrected chi connectivity index (χ2v) is 11.7. The van der Waals surface area contributed by atoms with Crippen LogP contribution < -0.4 is 16.0 Å². The van der Waals surface area contributed by atoms with Gasteiger partial charge in [0.15, 0.2) is 0 Å². The van der Waals surface area contributed by atoms with Crippen LogP contribution in [0.1, 0.15) is 52.3 Å². The molecule has 45 heavy (non-hydrogen) atoms.